The third kappa shape index (κ3) is 19.2. The van der Waals surface area contributed by atoms with Gasteiger partial charge in [0.05, 0.1) is 24.4 Å². The van der Waals surface area contributed by atoms with Gasteiger partial charge in [-0.3, -0.25) is 0 Å². The molecule has 0 aromatic carbocycles. The average Bonchev–Trinajstić information content (AvgIpc) is 2.06. The summed E-state index contributed by atoms with van der Waals surface area (Å²) in [7, 11) is 0. The standard InChI is InChI=1S/2C7H16O2PS/c2*1-6(2)8-10(5,11)9-7(3)4/h2*6-7H,5H2,1-4H3/q2*-1. The molecular weight excluding hydrogens is 358 g/mol. The van der Waals surface area contributed by atoms with Crippen molar-refractivity contribution in [3.8, 4) is 0 Å². The lowest BCUT2D eigenvalue weighted by molar-refractivity contribution is 0.184. The van der Waals surface area contributed by atoms with Crippen molar-refractivity contribution in [2.45, 2.75) is 79.8 Å². The van der Waals surface area contributed by atoms with E-state index in [4.69, 9.17) is 42.6 Å². The van der Waals surface area contributed by atoms with Gasteiger partial charge < -0.3 is 42.6 Å². The fourth-order valence-electron chi connectivity index (χ4n) is 1.33. The molecule has 0 N–H and O–H groups in total. The van der Waals surface area contributed by atoms with Gasteiger partial charge in [-0.15, -0.1) is 0 Å². The lowest BCUT2D eigenvalue weighted by atomic mass is 10.5. The van der Waals surface area contributed by atoms with Crippen LogP contribution in [0.4, 0.5) is 0 Å². The highest BCUT2D eigenvalue weighted by Gasteiger charge is 2.05. The second kappa shape index (κ2) is 11.7. The van der Waals surface area contributed by atoms with Crippen LogP contribution in [0.25, 0.3) is 0 Å². The molecule has 0 aromatic rings. The number of hydrogen-bond donors (Lipinski definition) is 0. The highest BCUT2D eigenvalue weighted by molar-refractivity contribution is 8.36. The first-order chi connectivity index (χ1) is 9.67. The van der Waals surface area contributed by atoms with Gasteiger partial charge in [-0.2, -0.15) is 0 Å². The van der Waals surface area contributed by atoms with Crippen LogP contribution in [0.1, 0.15) is 55.4 Å². The van der Waals surface area contributed by atoms with Crippen molar-refractivity contribution in [2.75, 3.05) is 0 Å². The van der Waals surface area contributed by atoms with Crippen LogP contribution in [0.2, 0.25) is 0 Å². The molecule has 0 atom stereocenters. The zero-order valence-corrected chi connectivity index (χ0v) is 18.5. The Hall–Kier alpha value is 1.14. The van der Waals surface area contributed by atoms with Crippen molar-refractivity contribution in [2.24, 2.45) is 0 Å². The van der Waals surface area contributed by atoms with Gasteiger partial charge in [0.1, 0.15) is 0 Å². The van der Waals surface area contributed by atoms with E-state index in [0.717, 1.165) is 0 Å². The molecule has 0 amide bonds. The number of hydrogen-bond acceptors (Lipinski definition) is 6. The van der Waals surface area contributed by atoms with Gasteiger partial charge in [0, 0.05) is 0 Å². The minimum absolute atomic E-state index is 0.0945. The molecule has 0 unspecified atom stereocenters. The Morgan fingerprint density at radius 3 is 0.773 bits per heavy atom. The predicted octanol–water partition coefficient (Wildman–Crippen LogP) is 5.16. The van der Waals surface area contributed by atoms with E-state index in [2.05, 4.69) is 12.6 Å². The Labute approximate surface area is 148 Å². The zero-order chi connectivity index (χ0) is 18.1. The molecule has 0 rings (SSSR count). The van der Waals surface area contributed by atoms with Gasteiger partial charge in [0.2, 0.25) is 0 Å². The fraction of sp³-hybridized carbons (Fsp3) is 0.857. The highest BCUT2D eigenvalue weighted by Crippen LogP contribution is 2.47. The van der Waals surface area contributed by atoms with E-state index >= 15 is 0 Å². The van der Waals surface area contributed by atoms with E-state index in [1.54, 1.807) is 0 Å². The summed E-state index contributed by atoms with van der Waals surface area (Å²) in [4.78, 5) is 0. The molecule has 0 aliphatic heterocycles. The Morgan fingerprint density at radius 1 is 0.545 bits per heavy atom. The summed E-state index contributed by atoms with van der Waals surface area (Å²) in [6.07, 6.45) is 7.84. The van der Waals surface area contributed by atoms with Crippen molar-refractivity contribution >= 4 is 50.2 Å². The third-order valence-electron chi connectivity index (χ3n) is 1.49. The molecule has 0 aliphatic carbocycles. The summed E-state index contributed by atoms with van der Waals surface area (Å²) in [5, 5.41) is 0. The summed E-state index contributed by atoms with van der Waals surface area (Å²) in [6, 6.07) is 0. The van der Waals surface area contributed by atoms with Crippen molar-refractivity contribution in [3.63, 3.8) is 0 Å². The van der Waals surface area contributed by atoms with E-state index in [1.807, 2.05) is 55.4 Å². The maximum atomic E-state index is 5.34. The van der Waals surface area contributed by atoms with Gasteiger partial charge in [0.25, 0.3) is 0 Å². The molecule has 8 heteroatoms. The minimum Gasteiger partial charge on any atom is -0.703 e. The molecule has 0 radical (unpaired) electrons. The van der Waals surface area contributed by atoms with Gasteiger partial charge in [-0.1, -0.05) is 12.6 Å². The summed E-state index contributed by atoms with van der Waals surface area (Å²) in [6.45, 7) is 11.0. The van der Waals surface area contributed by atoms with E-state index < -0.39 is 13.1 Å². The lowest BCUT2D eigenvalue weighted by Crippen LogP contribution is -2.06. The van der Waals surface area contributed by atoms with Crippen molar-refractivity contribution in [1.29, 1.82) is 0 Å². The van der Waals surface area contributed by atoms with E-state index in [9.17, 15) is 0 Å². The van der Waals surface area contributed by atoms with Crippen LogP contribution in [0.5, 0.6) is 0 Å². The Morgan fingerprint density at radius 2 is 0.682 bits per heavy atom. The normalized spacial score (nSPS) is 13.0. The summed E-state index contributed by atoms with van der Waals surface area (Å²) >= 11 is 10.1. The Kier molecular flexibility index (Phi) is 13.4. The molecule has 0 saturated carbocycles. The van der Waals surface area contributed by atoms with E-state index in [1.165, 1.54) is 0 Å². The maximum Gasteiger partial charge on any atom is 0.0565 e. The third-order valence-corrected chi connectivity index (χ3v) is 5.49. The first-order valence-electron chi connectivity index (χ1n) is 7.29. The molecular formula is C14H32O4P2S2-2. The number of rotatable bonds is 8. The molecule has 22 heavy (non-hydrogen) atoms. The molecule has 0 spiro atoms. The monoisotopic (exact) mass is 390 g/mol. The maximum absolute atomic E-state index is 5.34. The largest absolute Gasteiger partial charge is 0.703 e. The van der Waals surface area contributed by atoms with Crippen molar-refractivity contribution < 1.29 is 18.1 Å². The molecule has 0 aromatic heterocycles. The van der Waals surface area contributed by atoms with E-state index in [-0.39, 0.29) is 24.4 Å². The molecule has 0 bridgehead atoms. The topological polar surface area (TPSA) is 36.9 Å². The quantitative estimate of drug-likeness (QED) is 0.421. The van der Waals surface area contributed by atoms with Crippen molar-refractivity contribution in [3.05, 3.63) is 0 Å². The summed E-state index contributed by atoms with van der Waals surface area (Å²) in [5.74, 6) is 0. The smallest absolute Gasteiger partial charge is 0.0565 e. The van der Waals surface area contributed by atoms with E-state index in [0.29, 0.717) is 0 Å². The van der Waals surface area contributed by atoms with Gasteiger partial charge >= 0.3 is 0 Å². The second-order valence-electron chi connectivity index (χ2n) is 5.84. The van der Waals surface area contributed by atoms with Crippen LogP contribution in [0.15, 0.2) is 0 Å². The Bertz CT molecular complexity index is 321. The van der Waals surface area contributed by atoms with Gasteiger partial charge in [-0.05, 0) is 68.5 Å². The van der Waals surface area contributed by atoms with Crippen LogP contribution in [0, 0.1) is 0 Å². The van der Waals surface area contributed by atoms with Crippen LogP contribution < -0.4 is 0 Å². The fourth-order valence-corrected chi connectivity index (χ4v) is 6.07. The first kappa shape index (κ1) is 25.4. The SMILES string of the molecule is C=P([S-])(OC(C)C)OC(C)C.C=P([S-])(OC(C)C)OC(C)C. The summed E-state index contributed by atoms with van der Waals surface area (Å²) < 4.78 is 21.4. The minimum atomic E-state index is -2.22. The van der Waals surface area contributed by atoms with Crippen LogP contribution in [-0.4, -0.2) is 37.0 Å². The van der Waals surface area contributed by atoms with Crippen LogP contribution in [0.3, 0.4) is 0 Å². The average molecular weight is 390 g/mol. The zero-order valence-electron chi connectivity index (χ0n) is 15.1. The van der Waals surface area contributed by atoms with Crippen LogP contribution >= 0.6 is 13.1 Å². The van der Waals surface area contributed by atoms with Gasteiger partial charge in [-0.25, -0.2) is 0 Å². The summed E-state index contributed by atoms with van der Waals surface area (Å²) in [5.41, 5.74) is 0. The van der Waals surface area contributed by atoms with Crippen molar-refractivity contribution in [1.82, 2.24) is 0 Å². The molecule has 0 saturated heterocycles. The predicted molar refractivity (Wildman–Crippen MR) is 108 cm³/mol. The molecule has 0 heterocycles. The molecule has 136 valence electrons. The molecule has 4 nitrogen and oxygen atoms in total. The highest BCUT2D eigenvalue weighted by atomic mass is 32.7. The lowest BCUT2D eigenvalue weighted by Gasteiger charge is -2.34. The Balaban J connectivity index is 0. The van der Waals surface area contributed by atoms with Crippen LogP contribution in [-0.2, 0) is 42.6 Å². The second-order valence-corrected chi connectivity index (χ2v) is 12.5. The van der Waals surface area contributed by atoms with Gasteiger partial charge in [0.15, 0.2) is 0 Å². The molecule has 0 aliphatic rings. The molecule has 0 fully saturated rings. The first-order valence-corrected chi connectivity index (χ1v) is 12.9.